The first-order chi connectivity index (χ1) is 10.0. The molecule has 0 radical (unpaired) electrons. The number of hydrogen-bond donors (Lipinski definition) is 1. The molecule has 0 aromatic heterocycles. The van der Waals surface area contributed by atoms with Crippen LogP contribution in [0, 0.1) is 13.8 Å². The van der Waals surface area contributed by atoms with Crippen molar-refractivity contribution in [3.8, 4) is 0 Å². The fraction of sp³-hybridized carbons (Fsp3) is 0.611. The molecule has 1 fully saturated rings. The molecule has 1 aliphatic carbocycles. The van der Waals surface area contributed by atoms with E-state index in [9.17, 15) is 4.79 Å². The number of benzene rings is 1. The Bertz CT molecular complexity index is 490. The number of carbonyl (C=O) groups excluding carboxylic acids is 1. The molecule has 3 nitrogen and oxygen atoms in total. The van der Waals surface area contributed by atoms with E-state index in [2.05, 4.69) is 37.4 Å². The van der Waals surface area contributed by atoms with Crippen molar-refractivity contribution in [2.45, 2.75) is 58.0 Å². The maximum Gasteiger partial charge on any atom is 0.226 e. The van der Waals surface area contributed by atoms with Crippen molar-refractivity contribution >= 4 is 5.91 Å². The molecule has 0 bridgehead atoms. The zero-order valence-corrected chi connectivity index (χ0v) is 13.8. The summed E-state index contributed by atoms with van der Waals surface area (Å²) >= 11 is 0. The Morgan fingerprint density at radius 2 is 1.86 bits per heavy atom. The van der Waals surface area contributed by atoms with Gasteiger partial charge >= 0.3 is 0 Å². The first-order valence-corrected chi connectivity index (χ1v) is 8.00. The van der Waals surface area contributed by atoms with Crippen LogP contribution in [0.5, 0.6) is 0 Å². The van der Waals surface area contributed by atoms with E-state index in [-0.39, 0.29) is 5.91 Å². The van der Waals surface area contributed by atoms with E-state index in [0.29, 0.717) is 18.5 Å². The van der Waals surface area contributed by atoms with Crippen LogP contribution in [0.2, 0.25) is 0 Å². The van der Waals surface area contributed by atoms with Gasteiger partial charge in [-0.2, -0.15) is 0 Å². The topological polar surface area (TPSA) is 32.3 Å². The van der Waals surface area contributed by atoms with Crippen molar-refractivity contribution < 1.29 is 4.79 Å². The standard InChI is InChI=1S/C18H28N2O/c1-13-5-6-15(11-14(13)2)12-18(21)20(4)17-9-7-16(19-3)8-10-17/h5-6,11,16-17,19H,7-10,12H2,1-4H3. The van der Waals surface area contributed by atoms with Gasteiger partial charge in [0, 0.05) is 19.1 Å². The predicted molar refractivity (Wildman–Crippen MR) is 87.5 cm³/mol. The summed E-state index contributed by atoms with van der Waals surface area (Å²) in [5, 5.41) is 3.34. The molecule has 116 valence electrons. The van der Waals surface area contributed by atoms with Crippen LogP contribution in [0.15, 0.2) is 18.2 Å². The number of nitrogens with one attached hydrogen (secondary N) is 1. The van der Waals surface area contributed by atoms with Crippen molar-refractivity contribution in [3.05, 3.63) is 34.9 Å². The normalized spacial score (nSPS) is 22.1. The summed E-state index contributed by atoms with van der Waals surface area (Å²) in [5.41, 5.74) is 3.67. The molecule has 1 amide bonds. The number of likely N-dealkylation sites (N-methyl/N-ethyl adjacent to an activating group) is 1. The van der Waals surface area contributed by atoms with Gasteiger partial charge in [0.2, 0.25) is 5.91 Å². The number of amides is 1. The minimum absolute atomic E-state index is 0.242. The van der Waals surface area contributed by atoms with Gasteiger partial charge in [-0.15, -0.1) is 0 Å². The van der Waals surface area contributed by atoms with Gasteiger partial charge in [0.05, 0.1) is 6.42 Å². The zero-order chi connectivity index (χ0) is 15.4. The van der Waals surface area contributed by atoms with Gasteiger partial charge < -0.3 is 10.2 Å². The Balaban J connectivity index is 1.92. The molecular formula is C18H28N2O. The van der Waals surface area contributed by atoms with Crippen molar-refractivity contribution in [1.82, 2.24) is 10.2 Å². The van der Waals surface area contributed by atoms with E-state index >= 15 is 0 Å². The maximum absolute atomic E-state index is 12.5. The van der Waals surface area contributed by atoms with Crippen LogP contribution in [0.3, 0.4) is 0 Å². The van der Waals surface area contributed by atoms with Crippen molar-refractivity contribution in [3.63, 3.8) is 0 Å². The van der Waals surface area contributed by atoms with Gasteiger partial charge in [-0.25, -0.2) is 0 Å². The number of rotatable bonds is 4. The molecule has 0 unspecified atom stereocenters. The smallest absolute Gasteiger partial charge is 0.226 e. The summed E-state index contributed by atoms with van der Waals surface area (Å²) in [4.78, 5) is 14.4. The van der Waals surface area contributed by atoms with Gasteiger partial charge in [0.25, 0.3) is 0 Å². The number of carbonyl (C=O) groups is 1. The Labute approximate surface area is 128 Å². The Hall–Kier alpha value is -1.35. The van der Waals surface area contributed by atoms with Crippen LogP contribution in [0.1, 0.15) is 42.4 Å². The maximum atomic E-state index is 12.5. The van der Waals surface area contributed by atoms with E-state index < -0.39 is 0 Å². The molecule has 1 saturated carbocycles. The molecule has 2 rings (SSSR count). The van der Waals surface area contributed by atoms with Crippen LogP contribution in [0.4, 0.5) is 0 Å². The van der Waals surface area contributed by atoms with Gasteiger partial charge in [0.15, 0.2) is 0 Å². The molecular weight excluding hydrogens is 260 g/mol. The molecule has 1 aromatic rings. The van der Waals surface area contributed by atoms with Gasteiger partial charge in [-0.3, -0.25) is 4.79 Å². The molecule has 0 saturated heterocycles. The summed E-state index contributed by atoms with van der Waals surface area (Å²) in [6.45, 7) is 4.21. The second-order valence-electron chi connectivity index (χ2n) is 6.39. The van der Waals surface area contributed by atoms with Crippen molar-refractivity contribution in [1.29, 1.82) is 0 Å². The van der Waals surface area contributed by atoms with Gasteiger partial charge in [0.1, 0.15) is 0 Å². The van der Waals surface area contributed by atoms with E-state index in [4.69, 9.17) is 0 Å². The minimum Gasteiger partial charge on any atom is -0.342 e. The molecule has 1 aromatic carbocycles. The van der Waals surface area contributed by atoms with E-state index in [1.165, 1.54) is 24.0 Å². The average molecular weight is 288 g/mol. The quantitative estimate of drug-likeness (QED) is 0.924. The monoisotopic (exact) mass is 288 g/mol. The Morgan fingerprint density at radius 3 is 2.43 bits per heavy atom. The molecule has 3 heteroatoms. The lowest BCUT2D eigenvalue weighted by Gasteiger charge is -2.34. The summed E-state index contributed by atoms with van der Waals surface area (Å²) in [5.74, 6) is 0.242. The second-order valence-corrected chi connectivity index (χ2v) is 6.39. The SMILES string of the molecule is CNC1CCC(N(C)C(=O)Cc2ccc(C)c(C)c2)CC1. The third-order valence-corrected chi connectivity index (χ3v) is 4.97. The van der Waals surface area contributed by atoms with E-state index in [1.54, 1.807) is 0 Å². The van der Waals surface area contributed by atoms with Crippen molar-refractivity contribution in [2.24, 2.45) is 0 Å². The second kappa shape index (κ2) is 7.08. The molecule has 1 aliphatic rings. The summed E-state index contributed by atoms with van der Waals surface area (Å²) in [6.07, 6.45) is 5.08. The summed E-state index contributed by atoms with van der Waals surface area (Å²) in [7, 11) is 3.99. The lowest BCUT2D eigenvalue weighted by molar-refractivity contribution is -0.131. The summed E-state index contributed by atoms with van der Waals surface area (Å²) < 4.78 is 0. The van der Waals surface area contributed by atoms with Crippen LogP contribution in [-0.2, 0) is 11.2 Å². The van der Waals surface area contributed by atoms with Crippen molar-refractivity contribution in [2.75, 3.05) is 14.1 Å². The first-order valence-electron chi connectivity index (χ1n) is 8.00. The molecule has 0 spiro atoms. The lowest BCUT2D eigenvalue weighted by Crippen LogP contribution is -2.43. The van der Waals surface area contributed by atoms with E-state index in [0.717, 1.165) is 18.4 Å². The lowest BCUT2D eigenvalue weighted by atomic mass is 9.90. The summed E-state index contributed by atoms with van der Waals surface area (Å²) in [6, 6.07) is 7.36. The number of hydrogen-bond acceptors (Lipinski definition) is 2. The highest BCUT2D eigenvalue weighted by atomic mass is 16.2. The van der Waals surface area contributed by atoms with Gasteiger partial charge in [-0.1, -0.05) is 18.2 Å². The first kappa shape index (κ1) is 16.0. The highest BCUT2D eigenvalue weighted by Gasteiger charge is 2.25. The largest absolute Gasteiger partial charge is 0.342 e. The Morgan fingerprint density at radius 1 is 1.19 bits per heavy atom. The third-order valence-electron chi connectivity index (χ3n) is 4.97. The molecule has 0 heterocycles. The van der Waals surface area contributed by atoms with Crippen LogP contribution in [-0.4, -0.2) is 37.0 Å². The van der Waals surface area contributed by atoms with E-state index in [1.807, 2.05) is 19.0 Å². The molecule has 1 N–H and O–H groups in total. The fourth-order valence-corrected chi connectivity index (χ4v) is 3.17. The van der Waals surface area contributed by atoms with Crippen LogP contribution < -0.4 is 5.32 Å². The molecule has 0 atom stereocenters. The van der Waals surface area contributed by atoms with Gasteiger partial charge in [-0.05, 0) is 63.3 Å². The zero-order valence-electron chi connectivity index (χ0n) is 13.8. The predicted octanol–water partition coefficient (Wildman–Crippen LogP) is 2.83. The fourth-order valence-electron chi connectivity index (χ4n) is 3.17. The third kappa shape index (κ3) is 4.07. The highest BCUT2D eigenvalue weighted by molar-refractivity contribution is 5.79. The molecule has 0 aliphatic heterocycles. The van der Waals surface area contributed by atoms with Crippen LogP contribution >= 0.6 is 0 Å². The average Bonchev–Trinajstić information content (AvgIpc) is 2.50. The minimum atomic E-state index is 0.242. The Kier molecular flexibility index (Phi) is 5.40. The highest BCUT2D eigenvalue weighted by Crippen LogP contribution is 2.23. The number of nitrogens with zero attached hydrogens (tertiary/aromatic N) is 1. The molecule has 21 heavy (non-hydrogen) atoms. The number of aryl methyl sites for hydroxylation is 2. The van der Waals surface area contributed by atoms with Crippen LogP contribution in [0.25, 0.3) is 0 Å².